The molecule has 3 rings (SSSR count). The minimum absolute atomic E-state index is 0.117. The van der Waals surface area contributed by atoms with Gasteiger partial charge in [-0.2, -0.15) is 0 Å². The minimum Gasteiger partial charge on any atom is -0.324 e. The molecule has 0 aromatic heterocycles. The van der Waals surface area contributed by atoms with Gasteiger partial charge in [0, 0.05) is 11.3 Å². The predicted octanol–water partition coefficient (Wildman–Crippen LogP) is 1.32. The fraction of sp³-hybridized carbons (Fsp3) is 0.357. The summed E-state index contributed by atoms with van der Waals surface area (Å²) in [5.74, 6) is 1.86. The molecule has 4 nitrogen and oxygen atoms in total. The fourth-order valence-electron chi connectivity index (χ4n) is 2.77. The maximum Gasteiger partial charge on any atom is 0.247 e. The van der Waals surface area contributed by atoms with Crippen LogP contribution in [-0.4, -0.2) is 35.9 Å². The van der Waals surface area contributed by atoms with Crippen molar-refractivity contribution in [3.63, 3.8) is 0 Å². The Labute approximate surface area is 105 Å². The van der Waals surface area contributed by atoms with Crippen LogP contribution in [0.4, 0.5) is 5.69 Å². The van der Waals surface area contributed by atoms with Gasteiger partial charge in [0.25, 0.3) is 0 Å². The van der Waals surface area contributed by atoms with Gasteiger partial charge in [-0.25, -0.2) is 4.79 Å². The number of hydrogen-bond acceptors (Lipinski definition) is 3. The molecule has 0 bridgehead atoms. The van der Waals surface area contributed by atoms with Gasteiger partial charge in [0.05, 0.1) is 5.57 Å². The van der Waals surface area contributed by atoms with Gasteiger partial charge in [-0.15, -0.1) is 0 Å². The van der Waals surface area contributed by atoms with Crippen molar-refractivity contribution in [1.29, 1.82) is 0 Å². The summed E-state index contributed by atoms with van der Waals surface area (Å²) < 4.78 is 0. The Balaban J connectivity index is 2.06. The van der Waals surface area contributed by atoms with Crippen LogP contribution in [0.3, 0.4) is 0 Å². The number of benzene rings is 1. The van der Waals surface area contributed by atoms with Gasteiger partial charge < -0.3 is 5.32 Å². The van der Waals surface area contributed by atoms with Gasteiger partial charge in [-0.1, -0.05) is 18.2 Å². The predicted molar refractivity (Wildman–Crippen MR) is 68.8 cm³/mol. The van der Waals surface area contributed by atoms with Crippen LogP contribution in [0.15, 0.2) is 24.3 Å². The molecule has 0 spiro atoms. The second-order valence-electron chi connectivity index (χ2n) is 4.70. The Hall–Kier alpha value is -1.90. The summed E-state index contributed by atoms with van der Waals surface area (Å²) >= 11 is 0. The highest BCUT2D eigenvalue weighted by Crippen LogP contribution is 2.33. The molecule has 2 aliphatic heterocycles. The molecule has 1 unspecified atom stereocenters. The zero-order chi connectivity index (χ0) is 12.5. The van der Waals surface area contributed by atoms with Crippen LogP contribution in [0.1, 0.15) is 18.4 Å². The van der Waals surface area contributed by atoms with Gasteiger partial charge in [-0.05, 0) is 32.0 Å². The van der Waals surface area contributed by atoms with Gasteiger partial charge in [0.2, 0.25) is 5.91 Å². The summed E-state index contributed by atoms with van der Waals surface area (Å²) in [7, 11) is 0. The van der Waals surface area contributed by atoms with Crippen LogP contribution in [0.5, 0.6) is 0 Å². The number of nitrogens with one attached hydrogen (secondary N) is 1. The van der Waals surface area contributed by atoms with Crippen LogP contribution in [0.25, 0.3) is 5.57 Å². The number of likely N-dealkylation sites (tertiary alicyclic amines) is 1. The Bertz CT molecular complexity index is 540. The van der Waals surface area contributed by atoms with Gasteiger partial charge >= 0.3 is 0 Å². The van der Waals surface area contributed by atoms with Crippen LogP contribution < -0.4 is 5.32 Å². The quantitative estimate of drug-likeness (QED) is 0.756. The van der Waals surface area contributed by atoms with Crippen LogP contribution in [0.2, 0.25) is 0 Å². The molecule has 1 aromatic rings. The molecule has 1 atom stereocenters. The summed E-state index contributed by atoms with van der Waals surface area (Å²) in [6.07, 6.45) is 2.16. The van der Waals surface area contributed by atoms with E-state index in [-0.39, 0.29) is 5.91 Å². The Morgan fingerprint density at radius 1 is 1.22 bits per heavy atom. The maximum absolute atomic E-state index is 12.2. The topological polar surface area (TPSA) is 49.4 Å². The molecule has 0 radical (unpaired) electrons. The monoisotopic (exact) mass is 242 g/mol. The molecule has 0 aliphatic carbocycles. The molecular weight excluding hydrogens is 228 g/mol. The SMILES string of the molecule is O=C=C1c2ccccc2NC(=O)C1N1CCCC1. The summed E-state index contributed by atoms with van der Waals surface area (Å²) in [4.78, 5) is 25.5. The van der Waals surface area contributed by atoms with E-state index in [0.29, 0.717) is 11.3 Å². The number of para-hydroxylation sites is 1. The fourth-order valence-corrected chi connectivity index (χ4v) is 2.77. The average Bonchev–Trinajstić information content (AvgIpc) is 2.90. The van der Waals surface area contributed by atoms with Crippen LogP contribution >= 0.6 is 0 Å². The third kappa shape index (κ3) is 1.67. The molecule has 0 saturated carbocycles. The largest absolute Gasteiger partial charge is 0.324 e. The smallest absolute Gasteiger partial charge is 0.247 e. The molecule has 1 fully saturated rings. The number of nitrogens with zero attached hydrogens (tertiary/aromatic N) is 1. The molecule has 1 N–H and O–H groups in total. The second-order valence-corrected chi connectivity index (χ2v) is 4.70. The second kappa shape index (κ2) is 4.41. The third-order valence-corrected chi connectivity index (χ3v) is 3.61. The molecule has 1 saturated heterocycles. The average molecular weight is 242 g/mol. The van der Waals surface area contributed by atoms with Gasteiger partial charge in [0.1, 0.15) is 12.0 Å². The molecule has 4 heteroatoms. The standard InChI is InChI=1S/C14H14N2O2/c17-9-11-10-5-1-2-6-12(10)15-14(18)13(11)16-7-3-4-8-16/h1-2,5-6,13H,3-4,7-8H2,(H,15,18). The van der Waals surface area contributed by atoms with Crippen molar-refractivity contribution < 1.29 is 9.59 Å². The van der Waals surface area contributed by atoms with E-state index in [1.807, 2.05) is 30.2 Å². The first-order valence-corrected chi connectivity index (χ1v) is 6.20. The summed E-state index contributed by atoms with van der Waals surface area (Å²) in [5.41, 5.74) is 1.97. The van der Waals surface area contributed by atoms with Crippen molar-refractivity contribution in [1.82, 2.24) is 4.90 Å². The molecular formula is C14H14N2O2. The molecule has 2 aliphatic rings. The lowest BCUT2D eigenvalue weighted by Gasteiger charge is -2.31. The number of carbonyl (C=O) groups excluding carboxylic acids is 2. The van der Waals surface area contributed by atoms with Crippen molar-refractivity contribution in [2.24, 2.45) is 0 Å². The highest BCUT2D eigenvalue weighted by atomic mass is 16.2. The van der Waals surface area contributed by atoms with E-state index in [9.17, 15) is 9.59 Å². The molecule has 1 aromatic carbocycles. The lowest BCUT2D eigenvalue weighted by atomic mass is 9.93. The van der Waals surface area contributed by atoms with Crippen molar-refractivity contribution in [2.45, 2.75) is 18.9 Å². The maximum atomic E-state index is 12.2. The summed E-state index contributed by atoms with van der Waals surface area (Å²) in [5, 5.41) is 2.87. The van der Waals surface area contributed by atoms with Crippen molar-refractivity contribution in [3.8, 4) is 0 Å². The molecule has 1 amide bonds. The number of carbonyl (C=O) groups is 1. The lowest BCUT2D eigenvalue weighted by molar-refractivity contribution is -0.119. The van der Waals surface area contributed by atoms with Gasteiger partial charge in [-0.3, -0.25) is 9.69 Å². The Morgan fingerprint density at radius 3 is 2.67 bits per heavy atom. The zero-order valence-corrected chi connectivity index (χ0v) is 9.98. The first kappa shape index (κ1) is 11.2. The van der Waals surface area contributed by atoms with Crippen LogP contribution in [0, 0.1) is 0 Å². The van der Waals surface area contributed by atoms with Crippen molar-refractivity contribution in [2.75, 3.05) is 18.4 Å². The van der Waals surface area contributed by atoms with E-state index >= 15 is 0 Å². The van der Waals surface area contributed by atoms with E-state index < -0.39 is 6.04 Å². The number of anilines is 1. The third-order valence-electron chi connectivity index (χ3n) is 3.61. The normalized spacial score (nSPS) is 23.4. The van der Waals surface area contributed by atoms with Crippen molar-refractivity contribution >= 4 is 23.1 Å². The summed E-state index contributed by atoms with van der Waals surface area (Å²) in [6.45, 7) is 1.73. The van der Waals surface area contributed by atoms with E-state index in [1.165, 1.54) is 0 Å². The summed E-state index contributed by atoms with van der Waals surface area (Å²) in [6, 6.07) is 6.91. The Kier molecular flexibility index (Phi) is 2.74. The minimum atomic E-state index is -0.472. The number of rotatable bonds is 1. The lowest BCUT2D eigenvalue weighted by Crippen LogP contribution is -2.46. The number of amides is 1. The highest BCUT2D eigenvalue weighted by Gasteiger charge is 2.37. The zero-order valence-electron chi connectivity index (χ0n) is 9.98. The Morgan fingerprint density at radius 2 is 1.94 bits per heavy atom. The van der Waals surface area contributed by atoms with Crippen molar-refractivity contribution in [3.05, 3.63) is 29.8 Å². The first-order chi connectivity index (χ1) is 8.81. The van der Waals surface area contributed by atoms with E-state index in [2.05, 4.69) is 10.2 Å². The van der Waals surface area contributed by atoms with Crippen LogP contribution in [-0.2, 0) is 9.59 Å². The van der Waals surface area contributed by atoms with E-state index in [1.54, 1.807) is 0 Å². The van der Waals surface area contributed by atoms with Gasteiger partial charge in [0.15, 0.2) is 0 Å². The molecule has 2 heterocycles. The molecule has 92 valence electrons. The highest BCUT2D eigenvalue weighted by molar-refractivity contribution is 6.15. The number of fused-ring (bicyclic) bond motifs is 1. The molecule has 18 heavy (non-hydrogen) atoms. The van der Waals surface area contributed by atoms with E-state index in [0.717, 1.165) is 31.5 Å². The van der Waals surface area contributed by atoms with E-state index in [4.69, 9.17) is 0 Å². The first-order valence-electron chi connectivity index (χ1n) is 6.20. The number of hydrogen-bond donors (Lipinski definition) is 1.